The van der Waals surface area contributed by atoms with Crippen LogP contribution in [0.5, 0.6) is 0 Å². The van der Waals surface area contributed by atoms with Gasteiger partial charge in [-0.15, -0.1) is 0 Å². The molecule has 2 aromatic carbocycles. The Morgan fingerprint density at radius 1 is 0.800 bits per heavy atom. The van der Waals surface area contributed by atoms with Gasteiger partial charge in [-0.3, -0.25) is 0 Å². The molecule has 0 saturated heterocycles. The lowest BCUT2D eigenvalue weighted by Crippen LogP contribution is -1.92. The van der Waals surface area contributed by atoms with Crippen molar-refractivity contribution in [2.75, 3.05) is 0 Å². The van der Waals surface area contributed by atoms with E-state index in [0.717, 1.165) is 12.8 Å². The van der Waals surface area contributed by atoms with Crippen LogP contribution in [-0.4, -0.2) is 0 Å². The van der Waals surface area contributed by atoms with Crippen LogP contribution in [0.2, 0.25) is 0 Å². The smallest absolute Gasteiger partial charge is 0.00147 e. The molecule has 0 aliphatic carbocycles. The molecule has 0 unspecified atom stereocenters. The summed E-state index contributed by atoms with van der Waals surface area (Å²) < 4.78 is 0. The van der Waals surface area contributed by atoms with Crippen molar-refractivity contribution in [1.82, 2.24) is 0 Å². The van der Waals surface area contributed by atoms with Crippen molar-refractivity contribution in [3.05, 3.63) is 82.0 Å². The monoisotopic (exact) mass is 278 g/mol. The molecule has 0 aliphatic heterocycles. The fourth-order valence-corrected chi connectivity index (χ4v) is 3.16. The average Bonchev–Trinajstić information content (AvgIpc) is 3.00. The van der Waals surface area contributed by atoms with Crippen LogP contribution in [0, 0.1) is 6.92 Å². The maximum atomic E-state index is 2.32. The van der Waals surface area contributed by atoms with Crippen molar-refractivity contribution in [2.45, 2.75) is 19.8 Å². The number of hydrogen-bond donors (Lipinski definition) is 0. The maximum absolute atomic E-state index is 2.32. The summed E-state index contributed by atoms with van der Waals surface area (Å²) in [5.74, 6) is 0. The van der Waals surface area contributed by atoms with Gasteiger partial charge in [-0.2, -0.15) is 11.3 Å². The van der Waals surface area contributed by atoms with Gasteiger partial charge in [0.25, 0.3) is 0 Å². The molecule has 0 aliphatic rings. The van der Waals surface area contributed by atoms with Gasteiger partial charge in [-0.25, -0.2) is 0 Å². The molecule has 100 valence electrons. The first-order valence-electron chi connectivity index (χ1n) is 6.98. The van der Waals surface area contributed by atoms with Crippen LogP contribution in [0.25, 0.3) is 11.1 Å². The topological polar surface area (TPSA) is 0 Å². The van der Waals surface area contributed by atoms with E-state index in [4.69, 9.17) is 0 Å². The van der Waals surface area contributed by atoms with Crippen LogP contribution in [0.3, 0.4) is 0 Å². The predicted octanol–water partition coefficient (Wildman–Crippen LogP) is 5.51. The Hall–Kier alpha value is -1.86. The molecule has 0 atom stereocenters. The van der Waals surface area contributed by atoms with Crippen LogP contribution in [0.1, 0.15) is 16.7 Å². The summed E-state index contributed by atoms with van der Waals surface area (Å²) in [5.41, 5.74) is 6.83. The van der Waals surface area contributed by atoms with Crippen molar-refractivity contribution < 1.29 is 0 Å². The Morgan fingerprint density at radius 2 is 1.55 bits per heavy atom. The summed E-state index contributed by atoms with van der Waals surface area (Å²) in [6.07, 6.45) is 2.20. The molecule has 0 bridgehead atoms. The van der Waals surface area contributed by atoms with E-state index in [-0.39, 0.29) is 0 Å². The Labute approximate surface area is 124 Å². The van der Waals surface area contributed by atoms with E-state index in [1.807, 2.05) is 0 Å². The van der Waals surface area contributed by atoms with Gasteiger partial charge in [0.05, 0.1) is 0 Å². The molecule has 0 radical (unpaired) electrons. The molecule has 3 rings (SSSR count). The van der Waals surface area contributed by atoms with E-state index < -0.39 is 0 Å². The highest BCUT2D eigenvalue weighted by molar-refractivity contribution is 7.08. The molecule has 0 N–H and O–H groups in total. The summed E-state index contributed by atoms with van der Waals surface area (Å²) in [6.45, 7) is 2.15. The Bertz CT molecular complexity index is 681. The normalized spacial score (nSPS) is 10.7. The largest absolute Gasteiger partial charge is 0.152 e. The third-order valence-corrected chi connectivity index (χ3v) is 4.25. The van der Waals surface area contributed by atoms with Gasteiger partial charge in [-0.05, 0) is 58.8 Å². The number of hydrogen-bond acceptors (Lipinski definition) is 1. The third kappa shape index (κ3) is 3.17. The van der Waals surface area contributed by atoms with Gasteiger partial charge in [-0.1, -0.05) is 54.1 Å². The SMILES string of the molecule is Cc1cccc(CCc2cccc(-c3ccsc3)c2)c1. The number of rotatable bonds is 4. The van der Waals surface area contributed by atoms with E-state index in [9.17, 15) is 0 Å². The number of aryl methyl sites for hydroxylation is 3. The second-order valence-electron chi connectivity index (χ2n) is 5.20. The minimum Gasteiger partial charge on any atom is -0.152 e. The molecule has 1 aromatic heterocycles. The summed E-state index contributed by atoms with van der Waals surface area (Å²) in [5, 5.41) is 4.34. The van der Waals surface area contributed by atoms with E-state index >= 15 is 0 Å². The van der Waals surface area contributed by atoms with Gasteiger partial charge < -0.3 is 0 Å². The lowest BCUT2D eigenvalue weighted by Gasteiger charge is -2.05. The molecule has 20 heavy (non-hydrogen) atoms. The standard InChI is InChI=1S/C19H18S/c1-15-4-2-5-16(12-15)8-9-17-6-3-7-18(13-17)19-10-11-20-14-19/h2-7,10-14H,8-9H2,1H3. The molecule has 0 fully saturated rings. The zero-order valence-electron chi connectivity index (χ0n) is 11.7. The van der Waals surface area contributed by atoms with Gasteiger partial charge in [0, 0.05) is 0 Å². The average molecular weight is 278 g/mol. The minimum atomic E-state index is 1.10. The Morgan fingerprint density at radius 3 is 2.25 bits per heavy atom. The summed E-state index contributed by atoms with van der Waals surface area (Å²) >= 11 is 1.75. The van der Waals surface area contributed by atoms with Crippen molar-refractivity contribution >= 4 is 11.3 Å². The molecule has 1 heterocycles. The van der Waals surface area contributed by atoms with Gasteiger partial charge >= 0.3 is 0 Å². The van der Waals surface area contributed by atoms with Crippen molar-refractivity contribution in [1.29, 1.82) is 0 Å². The van der Waals surface area contributed by atoms with Gasteiger partial charge in [0.1, 0.15) is 0 Å². The van der Waals surface area contributed by atoms with Crippen LogP contribution in [0.4, 0.5) is 0 Å². The third-order valence-electron chi connectivity index (χ3n) is 3.57. The second kappa shape index (κ2) is 6.06. The zero-order valence-corrected chi connectivity index (χ0v) is 12.5. The highest BCUT2D eigenvalue weighted by Crippen LogP contribution is 2.23. The van der Waals surface area contributed by atoms with Crippen LogP contribution >= 0.6 is 11.3 Å². The molecular formula is C19H18S. The Kier molecular flexibility index (Phi) is 3.98. The minimum absolute atomic E-state index is 1.10. The first-order valence-corrected chi connectivity index (χ1v) is 7.92. The van der Waals surface area contributed by atoms with Gasteiger partial charge in [0.2, 0.25) is 0 Å². The molecular weight excluding hydrogens is 260 g/mol. The summed E-state index contributed by atoms with van der Waals surface area (Å²) in [4.78, 5) is 0. The van der Waals surface area contributed by atoms with E-state index in [1.54, 1.807) is 11.3 Å². The maximum Gasteiger partial charge on any atom is -0.00147 e. The molecule has 0 amide bonds. The molecule has 0 nitrogen and oxygen atoms in total. The molecule has 3 aromatic rings. The van der Waals surface area contributed by atoms with Crippen LogP contribution < -0.4 is 0 Å². The van der Waals surface area contributed by atoms with Crippen molar-refractivity contribution in [3.63, 3.8) is 0 Å². The summed E-state index contributed by atoms with van der Waals surface area (Å²) in [7, 11) is 0. The lowest BCUT2D eigenvalue weighted by atomic mass is 10.00. The lowest BCUT2D eigenvalue weighted by molar-refractivity contribution is 0.958. The van der Waals surface area contributed by atoms with E-state index in [2.05, 4.69) is 72.3 Å². The Balaban J connectivity index is 1.73. The van der Waals surface area contributed by atoms with Crippen LogP contribution in [-0.2, 0) is 12.8 Å². The fourth-order valence-electron chi connectivity index (χ4n) is 2.49. The highest BCUT2D eigenvalue weighted by Gasteiger charge is 2.01. The van der Waals surface area contributed by atoms with Crippen LogP contribution in [0.15, 0.2) is 65.4 Å². The quantitative estimate of drug-likeness (QED) is 0.590. The fraction of sp³-hybridized carbons (Fsp3) is 0.158. The highest BCUT2D eigenvalue weighted by atomic mass is 32.1. The zero-order chi connectivity index (χ0) is 13.8. The number of thiophene rings is 1. The number of benzene rings is 2. The first kappa shape index (κ1) is 13.1. The molecule has 0 spiro atoms. The summed E-state index contributed by atoms with van der Waals surface area (Å²) in [6, 6.07) is 19.9. The van der Waals surface area contributed by atoms with E-state index in [1.165, 1.54) is 27.8 Å². The second-order valence-corrected chi connectivity index (χ2v) is 5.98. The molecule has 1 heteroatoms. The molecule has 0 saturated carbocycles. The van der Waals surface area contributed by atoms with E-state index in [0.29, 0.717) is 0 Å². The van der Waals surface area contributed by atoms with Gasteiger partial charge in [0.15, 0.2) is 0 Å². The first-order chi connectivity index (χ1) is 9.81. The van der Waals surface area contributed by atoms with Crippen molar-refractivity contribution in [2.24, 2.45) is 0 Å². The van der Waals surface area contributed by atoms with Crippen molar-refractivity contribution in [3.8, 4) is 11.1 Å². The predicted molar refractivity (Wildman–Crippen MR) is 88.3 cm³/mol.